The third-order valence-corrected chi connectivity index (χ3v) is 21.5. The van der Waals surface area contributed by atoms with Crippen LogP contribution >= 0.6 is 0 Å². The van der Waals surface area contributed by atoms with Crippen molar-refractivity contribution in [2.75, 3.05) is 0 Å². The minimum Gasteiger partial charge on any atom is -0.0839 e. The van der Waals surface area contributed by atoms with Crippen molar-refractivity contribution in [3.8, 4) is 11.1 Å². The van der Waals surface area contributed by atoms with Crippen LogP contribution in [0.25, 0.3) is 33.4 Å². The Morgan fingerprint density at radius 3 is 1.57 bits per heavy atom. The first-order valence-corrected chi connectivity index (χ1v) is 28.5. The predicted molar refractivity (Wildman–Crippen MR) is 308 cm³/mol. The summed E-state index contributed by atoms with van der Waals surface area (Å²) in [5.41, 5.74) is 36.4. The summed E-state index contributed by atoms with van der Waals surface area (Å²) in [5.74, 6) is 1.59. The molecule has 3 spiro atoms. The molecule has 0 bridgehead atoms. The maximum Gasteiger partial charge on any atom is 0.0541 e. The van der Waals surface area contributed by atoms with Crippen LogP contribution < -0.4 is 0 Å². The summed E-state index contributed by atoms with van der Waals surface area (Å²) in [6.45, 7) is 0. The van der Waals surface area contributed by atoms with Gasteiger partial charge in [-0.05, 0) is 204 Å². The quantitative estimate of drug-likeness (QED) is 0.165. The minimum atomic E-state index is -0.214. The SMILES string of the molecule is C1=CCC2C(=C1)c1ccccc1C21C2=C(CCC=C2)c2ccc(C3=CC4=C(CC3)C3=CC=CCC3C43C4=C(CCC(C5=CC=C6c7ccccc7C7(c8ccccc8-c8ccccc87)C6C5)=C4)C4=CC=CCC43)cc21. The summed E-state index contributed by atoms with van der Waals surface area (Å²) in [4.78, 5) is 0. The highest BCUT2D eigenvalue weighted by molar-refractivity contribution is 5.96. The van der Waals surface area contributed by atoms with Gasteiger partial charge in [0.1, 0.15) is 0 Å². The maximum atomic E-state index is 2.81. The Bertz CT molecular complexity index is 3970. The maximum absolute atomic E-state index is 2.81. The second-order valence-electron chi connectivity index (χ2n) is 24.0. The van der Waals surface area contributed by atoms with Gasteiger partial charge in [0.2, 0.25) is 0 Å². The molecule has 0 amide bonds. The fraction of sp³-hybridized carbons (Fsp3) is 0.227. The van der Waals surface area contributed by atoms with E-state index >= 15 is 0 Å². The molecule has 0 aromatic heterocycles. The van der Waals surface area contributed by atoms with Crippen LogP contribution in [0.5, 0.6) is 0 Å². The molecule has 0 nitrogen and oxygen atoms in total. The number of hydrogen-bond acceptors (Lipinski definition) is 0. The van der Waals surface area contributed by atoms with Gasteiger partial charge in [0.25, 0.3) is 0 Å². The number of fused-ring (bicyclic) bond motifs is 27. The Hall–Kier alpha value is -7.54. The van der Waals surface area contributed by atoms with Gasteiger partial charge < -0.3 is 0 Å². The van der Waals surface area contributed by atoms with Crippen LogP contribution in [0.4, 0.5) is 0 Å². The highest BCUT2D eigenvalue weighted by Gasteiger charge is 2.63. The lowest BCUT2D eigenvalue weighted by Gasteiger charge is -2.43. The Kier molecular flexibility index (Phi) is 8.27. The van der Waals surface area contributed by atoms with Gasteiger partial charge >= 0.3 is 0 Å². The lowest BCUT2D eigenvalue weighted by molar-refractivity contribution is 0.253. The molecule has 0 heterocycles. The molecule has 0 N–H and O–H groups in total. The van der Waals surface area contributed by atoms with Gasteiger partial charge in [-0.15, -0.1) is 0 Å². The van der Waals surface area contributed by atoms with E-state index in [4.69, 9.17) is 0 Å². The first-order chi connectivity index (χ1) is 37.2. The Morgan fingerprint density at radius 1 is 0.360 bits per heavy atom. The van der Waals surface area contributed by atoms with E-state index in [0.717, 1.165) is 64.2 Å². The smallest absolute Gasteiger partial charge is 0.0541 e. The van der Waals surface area contributed by atoms with Crippen molar-refractivity contribution in [2.45, 2.75) is 75.0 Å². The summed E-state index contributed by atoms with van der Waals surface area (Å²) < 4.78 is 0. The molecule has 5 aromatic rings. The number of rotatable bonds is 2. The molecule has 13 aliphatic carbocycles. The molecule has 0 aliphatic heterocycles. The average molecular weight is 959 g/mol. The third kappa shape index (κ3) is 4.94. The number of benzene rings is 5. The minimum absolute atomic E-state index is 0.110. The predicted octanol–water partition coefficient (Wildman–Crippen LogP) is 17.9. The van der Waals surface area contributed by atoms with Crippen molar-refractivity contribution in [3.63, 3.8) is 0 Å². The molecule has 6 unspecified atom stereocenters. The fourth-order valence-corrected chi connectivity index (χ4v) is 19.0. The van der Waals surface area contributed by atoms with Gasteiger partial charge in [-0.25, -0.2) is 0 Å². The second-order valence-corrected chi connectivity index (χ2v) is 24.0. The zero-order valence-corrected chi connectivity index (χ0v) is 42.5. The van der Waals surface area contributed by atoms with Crippen molar-refractivity contribution in [1.82, 2.24) is 0 Å². The molecular weight excluding hydrogens is 901 g/mol. The van der Waals surface area contributed by atoms with E-state index in [-0.39, 0.29) is 16.2 Å². The first kappa shape index (κ1) is 41.8. The van der Waals surface area contributed by atoms with E-state index in [1.165, 1.54) is 72.4 Å². The van der Waals surface area contributed by atoms with Gasteiger partial charge in [-0.1, -0.05) is 200 Å². The van der Waals surface area contributed by atoms with Crippen LogP contribution in [0.15, 0.2) is 257 Å². The monoisotopic (exact) mass is 958 g/mol. The highest BCUT2D eigenvalue weighted by Crippen LogP contribution is 2.73. The first-order valence-electron chi connectivity index (χ1n) is 28.5. The molecule has 6 atom stereocenters. The van der Waals surface area contributed by atoms with Crippen LogP contribution in [0, 0.1) is 29.1 Å². The van der Waals surface area contributed by atoms with Crippen molar-refractivity contribution >= 4 is 22.3 Å². The standard InChI is InChI=1S/C75H58/c1-9-25-61-49(17-1)50-18-2-10-26-62(50)73(61)65-29-13-5-21-53(65)57-37-33-45(41-69(57)73)47-35-39-59-55-23-7-15-31-67(55)75(71(59)43-47)68-32-16-8-24-56(68)60-40-36-48(44-72(60)75)46-34-38-58-54-22-6-14-30-66(54)74(70(58)42-46)63-27-11-3-19-51(63)52-20-4-12-28-64(52)74/h1-5,7-21,23-27,29-30,33-34,37-38,42-44,64,67-69H,6,22,28,31-32,35-36,39-41H2. The topological polar surface area (TPSA) is 0 Å². The van der Waals surface area contributed by atoms with Gasteiger partial charge in [0, 0.05) is 29.1 Å². The van der Waals surface area contributed by atoms with Crippen LogP contribution in [0.3, 0.4) is 0 Å². The molecule has 5 aromatic carbocycles. The summed E-state index contributed by atoms with van der Waals surface area (Å²) in [6.07, 6.45) is 48.7. The zero-order chi connectivity index (χ0) is 48.8. The van der Waals surface area contributed by atoms with E-state index < -0.39 is 0 Å². The van der Waals surface area contributed by atoms with E-state index in [0.29, 0.717) is 23.7 Å². The van der Waals surface area contributed by atoms with Crippen LogP contribution in [0.2, 0.25) is 0 Å². The largest absolute Gasteiger partial charge is 0.0839 e. The van der Waals surface area contributed by atoms with E-state index in [2.05, 4.69) is 206 Å². The van der Waals surface area contributed by atoms with Crippen molar-refractivity contribution in [2.24, 2.45) is 29.1 Å². The lowest BCUT2D eigenvalue weighted by Crippen LogP contribution is -2.37. The van der Waals surface area contributed by atoms with E-state index in [9.17, 15) is 0 Å². The van der Waals surface area contributed by atoms with Crippen molar-refractivity contribution in [1.29, 1.82) is 0 Å². The molecule has 13 aliphatic rings. The summed E-state index contributed by atoms with van der Waals surface area (Å²) in [7, 11) is 0. The molecule has 18 rings (SSSR count). The molecule has 0 fully saturated rings. The Balaban J connectivity index is 0.791. The van der Waals surface area contributed by atoms with E-state index in [1.807, 2.05) is 0 Å². The molecule has 0 heteroatoms. The summed E-state index contributed by atoms with van der Waals surface area (Å²) >= 11 is 0. The number of hydrogen-bond donors (Lipinski definition) is 0. The Morgan fingerprint density at radius 2 is 0.907 bits per heavy atom. The van der Waals surface area contributed by atoms with Crippen molar-refractivity contribution in [3.05, 3.63) is 307 Å². The molecule has 0 saturated carbocycles. The molecule has 358 valence electrons. The van der Waals surface area contributed by atoms with E-state index in [1.54, 1.807) is 61.3 Å². The van der Waals surface area contributed by atoms with Gasteiger partial charge in [0.05, 0.1) is 10.8 Å². The summed E-state index contributed by atoms with van der Waals surface area (Å²) in [5, 5.41) is 0. The van der Waals surface area contributed by atoms with Crippen molar-refractivity contribution < 1.29 is 0 Å². The molecule has 75 heavy (non-hydrogen) atoms. The van der Waals surface area contributed by atoms with Gasteiger partial charge in [0.15, 0.2) is 0 Å². The van der Waals surface area contributed by atoms with Gasteiger partial charge in [-0.2, -0.15) is 0 Å². The summed E-state index contributed by atoms with van der Waals surface area (Å²) in [6, 6.07) is 45.4. The molecular formula is C75H58. The molecule has 0 radical (unpaired) electrons. The Labute approximate surface area is 441 Å². The fourth-order valence-electron chi connectivity index (χ4n) is 19.0. The van der Waals surface area contributed by atoms with Crippen LogP contribution in [0.1, 0.15) is 114 Å². The van der Waals surface area contributed by atoms with Crippen LogP contribution in [-0.4, -0.2) is 0 Å². The average Bonchev–Trinajstić information content (AvgIpc) is 4.41. The van der Waals surface area contributed by atoms with Crippen LogP contribution in [-0.2, 0) is 10.8 Å². The zero-order valence-electron chi connectivity index (χ0n) is 42.5. The second kappa shape index (κ2) is 14.9. The number of allylic oxidation sites excluding steroid dienone is 28. The third-order valence-electron chi connectivity index (χ3n) is 21.5. The molecule has 0 saturated heterocycles. The van der Waals surface area contributed by atoms with Gasteiger partial charge in [-0.3, -0.25) is 0 Å². The normalized spacial score (nSPS) is 29.5. The lowest BCUT2D eigenvalue weighted by atomic mass is 9.58. The highest BCUT2D eigenvalue weighted by atomic mass is 14.6.